The lowest BCUT2D eigenvalue weighted by Crippen LogP contribution is -2.47. The fourth-order valence-electron chi connectivity index (χ4n) is 2.71. The predicted molar refractivity (Wildman–Crippen MR) is 79.3 cm³/mol. The zero-order valence-electron chi connectivity index (χ0n) is 12.5. The molecule has 1 aliphatic rings. The van der Waals surface area contributed by atoms with Gasteiger partial charge in [-0.1, -0.05) is 13.8 Å². The molecule has 2 N–H and O–H groups in total. The van der Waals surface area contributed by atoms with Crippen LogP contribution >= 0.6 is 0 Å². The fraction of sp³-hybridized carbons (Fsp3) is 0.600. The normalized spacial score (nSPS) is 17.5. The van der Waals surface area contributed by atoms with Crippen LogP contribution in [0.5, 0.6) is 0 Å². The standard InChI is InChI=1S/C15H22F3N3/c1-11(2)10-20-5-7-21(8-6-20)14-4-3-12(9-13(14)19)15(16,17)18/h3-4,9,11H,5-8,10,19H2,1-2H3. The van der Waals surface area contributed by atoms with E-state index in [9.17, 15) is 13.2 Å². The molecule has 0 saturated carbocycles. The molecule has 1 saturated heterocycles. The Morgan fingerprint density at radius 3 is 2.24 bits per heavy atom. The van der Waals surface area contributed by atoms with E-state index in [1.54, 1.807) is 0 Å². The summed E-state index contributed by atoms with van der Waals surface area (Å²) < 4.78 is 37.9. The summed E-state index contributed by atoms with van der Waals surface area (Å²) in [6, 6.07) is 3.61. The molecule has 0 aromatic heterocycles. The van der Waals surface area contributed by atoms with Gasteiger partial charge in [0.1, 0.15) is 0 Å². The summed E-state index contributed by atoms with van der Waals surface area (Å²) in [5.74, 6) is 0.618. The molecule has 1 aliphatic heterocycles. The Hall–Kier alpha value is -1.43. The third-order valence-electron chi connectivity index (χ3n) is 3.69. The van der Waals surface area contributed by atoms with E-state index < -0.39 is 11.7 Å². The zero-order valence-corrected chi connectivity index (χ0v) is 12.5. The monoisotopic (exact) mass is 301 g/mol. The number of halogens is 3. The molecule has 0 radical (unpaired) electrons. The summed E-state index contributed by atoms with van der Waals surface area (Å²) in [5, 5.41) is 0. The van der Waals surface area contributed by atoms with E-state index in [1.807, 2.05) is 0 Å². The number of rotatable bonds is 3. The fourth-order valence-corrected chi connectivity index (χ4v) is 2.71. The van der Waals surface area contributed by atoms with E-state index >= 15 is 0 Å². The van der Waals surface area contributed by atoms with Crippen LogP contribution in [0.2, 0.25) is 0 Å². The van der Waals surface area contributed by atoms with Crippen molar-refractivity contribution in [1.82, 2.24) is 4.90 Å². The molecular formula is C15H22F3N3. The summed E-state index contributed by atoms with van der Waals surface area (Å²) in [4.78, 5) is 4.44. The Kier molecular flexibility index (Phi) is 4.66. The van der Waals surface area contributed by atoms with Crippen molar-refractivity contribution in [2.45, 2.75) is 20.0 Å². The lowest BCUT2D eigenvalue weighted by Gasteiger charge is -2.37. The van der Waals surface area contributed by atoms with Crippen LogP contribution in [0.4, 0.5) is 24.5 Å². The number of benzene rings is 1. The Morgan fingerprint density at radius 2 is 1.76 bits per heavy atom. The summed E-state index contributed by atoms with van der Waals surface area (Å²) in [6.07, 6.45) is -4.34. The molecule has 0 amide bonds. The maximum absolute atomic E-state index is 12.6. The van der Waals surface area contributed by atoms with E-state index in [-0.39, 0.29) is 5.69 Å². The van der Waals surface area contributed by atoms with Gasteiger partial charge in [0.15, 0.2) is 0 Å². The second-order valence-corrected chi connectivity index (χ2v) is 5.95. The van der Waals surface area contributed by atoms with Crippen LogP contribution in [0.15, 0.2) is 18.2 Å². The van der Waals surface area contributed by atoms with Crippen LogP contribution in [0.1, 0.15) is 19.4 Å². The van der Waals surface area contributed by atoms with Gasteiger partial charge in [0.2, 0.25) is 0 Å². The van der Waals surface area contributed by atoms with E-state index in [2.05, 4.69) is 23.6 Å². The second-order valence-electron chi connectivity index (χ2n) is 5.95. The number of nitrogens with two attached hydrogens (primary N) is 1. The average Bonchev–Trinajstić information content (AvgIpc) is 2.38. The van der Waals surface area contributed by atoms with Gasteiger partial charge in [-0.15, -0.1) is 0 Å². The number of anilines is 2. The third-order valence-corrected chi connectivity index (χ3v) is 3.69. The third kappa shape index (κ3) is 4.03. The van der Waals surface area contributed by atoms with Gasteiger partial charge in [-0.3, -0.25) is 4.90 Å². The quantitative estimate of drug-likeness (QED) is 0.871. The van der Waals surface area contributed by atoms with Crippen LogP contribution in [0.25, 0.3) is 0 Å². The molecule has 1 aromatic carbocycles. The lowest BCUT2D eigenvalue weighted by molar-refractivity contribution is -0.137. The Bertz CT molecular complexity index is 478. The Labute approximate surface area is 123 Å². The Balaban J connectivity index is 2.04. The number of alkyl halides is 3. The van der Waals surface area contributed by atoms with Crippen molar-refractivity contribution in [3.8, 4) is 0 Å². The van der Waals surface area contributed by atoms with E-state index in [0.29, 0.717) is 11.6 Å². The van der Waals surface area contributed by atoms with Crippen molar-refractivity contribution in [3.05, 3.63) is 23.8 Å². The first-order valence-electron chi connectivity index (χ1n) is 7.21. The summed E-state index contributed by atoms with van der Waals surface area (Å²) >= 11 is 0. The Morgan fingerprint density at radius 1 is 1.14 bits per heavy atom. The molecule has 0 spiro atoms. The van der Waals surface area contributed by atoms with E-state index in [4.69, 9.17) is 5.73 Å². The number of piperazine rings is 1. The highest BCUT2D eigenvalue weighted by molar-refractivity contribution is 5.69. The van der Waals surface area contributed by atoms with Gasteiger partial charge in [-0.25, -0.2) is 0 Å². The van der Waals surface area contributed by atoms with Crippen molar-refractivity contribution < 1.29 is 13.2 Å². The molecule has 1 heterocycles. The molecule has 0 atom stereocenters. The van der Waals surface area contributed by atoms with Crippen molar-refractivity contribution >= 4 is 11.4 Å². The van der Waals surface area contributed by atoms with Gasteiger partial charge in [0.25, 0.3) is 0 Å². The maximum atomic E-state index is 12.6. The van der Waals surface area contributed by atoms with Gasteiger partial charge in [0.05, 0.1) is 16.9 Å². The van der Waals surface area contributed by atoms with Gasteiger partial charge in [-0.05, 0) is 24.1 Å². The van der Waals surface area contributed by atoms with Crippen LogP contribution in [0.3, 0.4) is 0 Å². The second kappa shape index (κ2) is 6.13. The van der Waals surface area contributed by atoms with Gasteiger partial charge in [-0.2, -0.15) is 13.2 Å². The molecule has 1 aromatic rings. The number of hydrogen-bond donors (Lipinski definition) is 1. The van der Waals surface area contributed by atoms with Gasteiger partial charge >= 0.3 is 6.18 Å². The van der Waals surface area contributed by atoms with Gasteiger partial charge < -0.3 is 10.6 Å². The maximum Gasteiger partial charge on any atom is 0.416 e. The van der Waals surface area contributed by atoms with Gasteiger partial charge in [0, 0.05) is 32.7 Å². The SMILES string of the molecule is CC(C)CN1CCN(c2ccc(C(F)(F)F)cc2N)CC1. The highest BCUT2D eigenvalue weighted by atomic mass is 19.4. The highest BCUT2D eigenvalue weighted by Gasteiger charge is 2.31. The van der Waals surface area contributed by atoms with Crippen molar-refractivity contribution in [2.24, 2.45) is 5.92 Å². The van der Waals surface area contributed by atoms with Crippen molar-refractivity contribution in [1.29, 1.82) is 0 Å². The highest BCUT2D eigenvalue weighted by Crippen LogP contribution is 2.34. The lowest BCUT2D eigenvalue weighted by atomic mass is 10.1. The zero-order chi connectivity index (χ0) is 15.6. The molecular weight excluding hydrogens is 279 g/mol. The van der Waals surface area contributed by atoms with Crippen LogP contribution in [-0.4, -0.2) is 37.6 Å². The molecule has 0 bridgehead atoms. The van der Waals surface area contributed by atoms with Crippen LogP contribution in [0, 0.1) is 5.92 Å². The molecule has 21 heavy (non-hydrogen) atoms. The molecule has 0 aliphatic carbocycles. The number of hydrogen-bond acceptors (Lipinski definition) is 3. The first kappa shape index (κ1) is 15.9. The molecule has 2 rings (SSSR count). The van der Waals surface area contributed by atoms with E-state index in [1.165, 1.54) is 6.07 Å². The average molecular weight is 301 g/mol. The minimum Gasteiger partial charge on any atom is -0.397 e. The number of nitrogens with zero attached hydrogens (tertiary/aromatic N) is 2. The van der Waals surface area contributed by atoms with Crippen LogP contribution in [-0.2, 0) is 6.18 Å². The minimum absolute atomic E-state index is 0.196. The molecule has 118 valence electrons. The van der Waals surface area contributed by atoms with E-state index in [0.717, 1.165) is 44.9 Å². The van der Waals surface area contributed by atoms with Crippen molar-refractivity contribution in [2.75, 3.05) is 43.4 Å². The molecule has 0 unspecified atom stereocenters. The predicted octanol–water partition coefficient (Wildman–Crippen LogP) is 3.07. The van der Waals surface area contributed by atoms with Crippen LogP contribution < -0.4 is 10.6 Å². The van der Waals surface area contributed by atoms with Crippen molar-refractivity contribution in [3.63, 3.8) is 0 Å². The first-order chi connectivity index (χ1) is 9.77. The first-order valence-corrected chi connectivity index (χ1v) is 7.21. The molecule has 6 heteroatoms. The molecule has 1 fully saturated rings. The summed E-state index contributed by atoms with van der Waals surface area (Å²) in [5.41, 5.74) is 6.01. The minimum atomic E-state index is -4.34. The summed E-state index contributed by atoms with van der Waals surface area (Å²) in [7, 11) is 0. The molecule has 3 nitrogen and oxygen atoms in total. The number of nitrogen functional groups attached to an aromatic ring is 1. The topological polar surface area (TPSA) is 32.5 Å². The summed E-state index contributed by atoms with van der Waals surface area (Å²) in [6.45, 7) is 8.83. The largest absolute Gasteiger partial charge is 0.416 e. The smallest absolute Gasteiger partial charge is 0.397 e.